The Hall–Kier alpha value is -1.53. The van der Waals surface area contributed by atoms with Crippen LogP contribution in [0, 0.1) is 0 Å². The van der Waals surface area contributed by atoms with E-state index in [0.717, 1.165) is 4.47 Å². The summed E-state index contributed by atoms with van der Waals surface area (Å²) < 4.78 is 11.2. The number of rotatable bonds is 4. The zero-order chi connectivity index (χ0) is 13.8. The normalized spacial score (nSPS) is 10.1. The van der Waals surface area contributed by atoms with Crippen LogP contribution in [-0.2, 0) is 0 Å². The van der Waals surface area contributed by atoms with Gasteiger partial charge in [-0.05, 0) is 34.1 Å². The number of methoxy groups -OCH3 is 2. The van der Waals surface area contributed by atoms with Crippen molar-refractivity contribution in [3.8, 4) is 11.5 Å². The van der Waals surface area contributed by atoms with Crippen LogP contribution in [0.15, 0.2) is 34.1 Å². The van der Waals surface area contributed by atoms with Gasteiger partial charge in [-0.25, -0.2) is 0 Å². The fourth-order valence-corrected chi connectivity index (χ4v) is 2.84. The minimum absolute atomic E-state index is 0.167. The van der Waals surface area contributed by atoms with Crippen LogP contribution in [0.25, 0.3) is 0 Å². The molecule has 0 fully saturated rings. The summed E-state index contributed by atoms with van der Waals surface area (Å²) in [6, 6.07) is 7.01. The van der Waals surface area contributed by atoms with Crippen molar-refractivity contribution in [3.05, 3.63) is 39.0 Å². The SMILES string of the molecule is COc1ccc(NC(=O)c2cc(Br)cs2)c(OC)c1. The fourth-order valence-electron chi connectivity index (χ4n) is 1.52. The molecule has 0 radical (unpaired) electrons. The van der Waals surface area contributed by atoms with Crippen LogP contribution in [0.2, 0.25) is 0 Å². The number of carbonyl (C=O) groups is 1. The van der Waals surface area contributed by atoms with Gasteiger partial charge >= 0.3 is 0 Å². The number of hydrogen-bond donors (Lipinski definition) is 1. The Morgan fingerprint density at radius 3 is 2.63 bits per heavy atom. The van der Waals surface area contributed by atoms with E-state index in [1.165, 1.54) is 11.3 Å². The summed E-state index contributed by atoms with van der Waals surface area (Å²) >= 11 is 4.70. The molecule has 1 aromatic heterocycles. The molecule has 0 unspecified atom stereocenters. The van der Waals surface area contributed by atoms with Gasteiger partial charge < -0.3 is 14.8 Å². The molecule has 4 nitrogen and oxygen atoms in total. The topological polar surface area (TPSA) is 47.6 Å². The van der Waals surface area contributed by atoms with E-state index in [9.17, 15) is 4.79 Å². The lowest BCUT2D eigenvalue weighted by Crippen LogP contribution is -2.11. The van der Waals surface area contributed by atoms with Gasteiger partial charge in [0.05, 0.1) is 24.8 Å². The second-order valence-electron chi connectivity index (χ2n) is 3.65. The Morgan fingerprint density at radius 2 is 2.05 bits per heavy atom. The van der Waals surface area contributed by atoms with Crippen LogP contribution in [0.5, 0.6) is 11.5 Å². The molecule has 0 aliphatic carbocycles. The van der Waals surface area contributed by atoms with E-state index >= 15 is 0 Å². The monoisotopic (exact) mass is 341 g/mol. The van der Waals surface area contributed by atoms with E-state index in [0.29, 0.717) is 22.1 Å². The van der Waals surface area contributed by atoms with E-state index in [1.807, 2.05) is 5.38 Å². The largest absolute Gasteiger partial charge is 0.497 e. The third-order valence-electron chi connectivity index (χ3n) is 2.45. The fraction of sp³-hybridized carbons (Fsp3) is 0.154. The Labute approximate surface area is 123 Å². The predicted octanol–water partition coefficient (Wildman–Crippen LogP) is 3.78. The van der Waals surface area contributed by atoms with Crippen LogP contribution < -0.4 is 14.8 Å². The predicted molar refractivity (Wildman–Crippen MR) is 79.5 cm³/mol. The average molecular weight is 342 g/mol. The molecule has 2 rings (SSSR count). The molecule has 0 bridgehead atoms. The minimum atomic E-state index is -0.167. The number of thiophene rings is 1. The highest BCUT2D eigenvalue weighted by Crippen LogP contribution is 2.30. The average Bonchev–Trinajstić information content (AvgIpc) is 2.86. The van der Waals surface area contributed by atoms with Crippen molar-refractivity contribution in [2.24, 2.45) is 0 Å². The lowest BCUT2D eigenvalue weighted by molar-refractivity contribution is 0.103. The van der Waals surface area contributed by atoms with Gasteiger partial charge in [0, 0.05) is 15.9 Å². The molecule has 1 aromatic carbocycles. The van der Waals surface area contributed by atoms with Crippen LogP contribution in [-0.4, -0.2) is 20.1 Å². The number of amides is 1. The first-order chi connectivity index (χ1) is 9.13. The maximum atomic E-state index is 12.0. The summed E-state index contributed by atoms with van der Waals surface area (Å²) in [7, 11) is 3.13. The Morgan fingerprint density at radius 1 is 1.26 bits per heavy atom. The van der Waals surface area contributed by atoms with Crippen LogP contribution in [0.3, 0.4) is 0 Å². The van der Waals surface area contributed by atoms with Gasteiger partial charge in [-0.1, -0.05) is 0 Å². The summed E-state index contributed by atoms with van der Waals surface area (Å²) in [6.45, 7) is 0. The molecule has 1 amide bonds. The van der Waals surface area contributed by atoms with Crippen molar-refractivity contribution in [1.29, 1.82) is 0 Å². The summed E-state index contributed by atoms with van der Waals surface area (Å²) in [4.78, 5) is 12.7. The van der Waals surface area contributed by atoms with Gasteiger partial charge in [0.15, 0.2) is 0 Å². The highest BCUT2D eigenvalue weighted by atomic mass is 79.9. The molecular formula is C13H12BrNO3S. The Bertz CT molecular complexity index is 597. The first-order valence-corrected chi connectivity index (χ1v) is 7.08. The zero-order valence-electron chi connectivity index (χ0n) is 10.4. The number of nitrogens with one attached hydrogen (secondary N) is 1. The number of carbonyl (C=O) groups excluding carboxylic acids is 1. The van der Waals surface area contributed by atoms with Crippen LogP contribution >= 0.6 is 27.3 Å². The molecule has 0 atom stereocenters. The van der Waals surface area contributed by atoms with E-state index in [-0.39, 0.29) is 5.91 Å². The molecule has 1 heterocycles. The van der Waals surface area contributed by atoms with E-state index in [4.69, 9.17) is 9.47 Å². The van der Waals surface area contributed by atoms with Crippen molar-refractivity contribution in [1.82, 2.24) is 0 Å². The molecule has 0 saturated heterocycles. The van der Waals surface area contributed by atoms with Crippen molar-refractivity contribution < 1.29 is 14.3 Å². The summed E-state index contributed by atoms with van der Waals surface area (Å²) in [6.07, 6.45) is 0. The molecule has 1 N–H and O–H groups in total. The number of anilines is 1. The molecule has 6 heteroatoms. The number of ether oxygens (including phenoxy) is 2. The second-order valence-corrected chi connectivity index (χ2v) is 5.48. The van der Waals surface area contributed by atoms with E-state index < -0.39 is 0 Å². The Kier molecular flexibility index (Phi) is 4.44. The molecule has 0 spiro atoms. The lowest BCUT2D eigenvalue weighted by Gasteiger charge is -2.10. The van der Waals surface area contributed by atoms with E-state index in [2.05, 4.69) is 21.2 Å². The maximum absolute atomic E-state index is 12.0. The zero-order valence-corrected chi connectivity index (χ0v) is 12.8. The number of hydrogen-bond acceptors (Lipinski definition) is 4. The summed E-state index contributed by atoms with van der Waals surface area (Å²) in [5.41, 5.74) is 0.609. The van der Waals surface area contributed by atoms with Crippen molar-refractivity contribution in [2.75, 3.05) is 19.5 Å². The third kappa shape index (κ3) is 3.27. The van der Waals surface area contributed by atoms with Gasteiger partial charge in [0.25, 0.3) is 5.91 Å². The molecule has 0 aliphatic heterocycles. The minimum Gasteiger partial charge on any atom is -0.497 e. The van der Waals surface area contributed by atoms with Gasteiger partial charge in [-0.2, -0.15) is 0 Å². The highest BCUT2D eigenvalue weighted by Gasteiger charge is 2.12. The van der Waals surface area contributed by atoms with Gasteiger partial charge in [-0.15, -0.1) is 11.3 Å². The number of halogens is 1. The highest BCUT2D eigenvalue weighted by molar-refractivity contribution is 9.10. The van der Waals surface area contributed by atoms with Gasteiger partial charge in [-0.3, -0.25) is 4.79 Å². The lowest BCUT2D eigenvalue weighted by atomic mass is 10.2. The third-order valence-corrected chi connectivity index (χ3v) is 4.14. The molecule has 2 aromatic rings. The Balaban J connectivity index is 2.21. The first-order valence-electron chi connectivity index (χ1n) is 5.41. The quantitative estimate of drug-likeness (QED) is 0.920. The maximum Gasteiger partial charge on any atom is 0.265 e. The summed E-state index contributed by atoms with van der Waals surface area (Å²) in [5.74, 6) is 1.07. The first kappa shape index (κ1) is 13.9. The van der Waals surface area contributed by atoms with Crippen molar-refractivity contribution in [3.63, 3.8) is 0 Å². The molecule has 100 valence electrons. The molecule has 0 aliphatic rings. The standard InChI is InChI=1S/C13H12BrNO3S/c1-17-9-3-4-10(11(6-9)18-2)15-13(16)12-5-8(14)7-19-12/h3-7H,1-2H3,(H,15,16). The smallest absolute Gasteiger partial charge is 0.265 e. The van der Waals surface area contributed by atoms with Crippen molar-refractivity contribution >= 4 is 38.9 Å². The van der Waals surface area contributed by atoms with Gasteiger partial charge in [0.2, 0.25) is 0 Å². The molecule has 19 heavy (non-hydrogen) atoms. The number of benzene rings is 1. The van der Waals surface area contributed by atoms with Crippen LogP contribution in [0.1, 0.15) is 9.67 Å². The van der Waals surface area contributed by atoms with Gasteiger partial charge in [0.1, 0.15) is 11.5 Å². The van der Waals surface area contributed by atoms with Crippen molar-refractivity contribution in [2.45, 2.75) is 0 Å². The van der Waals surface area contributed by atoms with Crippen LogP contribution in [0.4, 0.5) is 5.69 Å². The molecule has 0 saturated carbocycles. The molecular weight excluding hydrogens is 330 g/mol. The second kappa shape index (κ2) is 6.08. The summed E-state index contributed by atoms with van der Waals surface area (Å²) in [5, 5.41) is 4.67. The van der Waals surface area contributed by atoms with E-state index in [1.54, 1.807) is 38.5 Å².